The van der Waals surface area contributed by atoms with E-state index in [2.05, 4.69) is 37.3 Å². The highest BCUT2D eigenvalue weighted by Crippen LogP contribution is 2.06. The van der Waals surface area contributed by atoms with E-state index in [0.29, 0.717) is 0 Å². The molecule has 0 aromatic heterocycles. The first-order chi connectivity index (χ1) is 7.41. The fraction of sp³-hybridized carbons (Fsp3) is 0.600. The van der Waals surface area contributed by atoms with E-state index in [1.165, 1.54) is 44.9 Å². The first-order valence-corrected chi connectivity index (χ1v) is 6.36. The first kappa shape index (κ1) is 14.2. The predicted molar refractivity (Wildman–Crippen MR) is 71.1 cm³/mol. The lowest BCUT2D eigenvalue weighted by atomic mass is 10.1. The highest BCUT2D eigenvalue weighted by Gasteiger charge is 1.87. The number of rotatable bonds is 9. The number of hydrogen-bond donors (Lipinski definition) is 0. The molecule has 0 amide bonds. The van der Waals surface area contributed by atoms with E-state index in [1.807, 2.05) is 13.0 Å². The molecule has 15 heavy (non-hydrogen) atoms. The van der Waals surface area contributed by atoms with E-state index in [0.717, 1.165) is 0 Å². The molecule has 0 heteroatoms. The van der Waals surface area contributed by atoms with Gasteiger partial charge < -0.3 is 0 Å². The minimum atomic E-state index is 1.23. The van der Waals surface area contributed by atoms with E-state index < -0.39 is 0 Å². The summed E-state index contributed by atoms with van der Waals surface area (Å²) in [5, 5.41) is 0. The van der Waals surface area contributed by atoms with Crippen LogP contribution in [0.5, 0.6) is 0 Å². The molecule has 0 fully saturated rings. The molecule has 0 nitrogen and oxygen atoms in total. The SMILES string of the molecule is C\C=C/C=C\C=C\CCCCCCCC. The van der Waals surface area contributed by atoms with Gasteiger partial charge in [0.15, 0.2) is 0 Å². The van der Waals surface area contributed by atoms with E-state index in [9.17, 15) is 0 Å². The van der Waals surface area contributed by atoms with Gasteiger partial charge in [0.2, 0.25) is 0 Å². The van der Waals surface area contributed by atoms with Crippen molar-refractivity contribution in [3.63, 3.8) is 0 Å². The average molecular weight is 206 g/mol. The van der Waals surface area contributed by atoms with Gasteiger partial charge in [-0.25, -0.2) is 0 Å². The van der Waals surface area contributed by atoms with Gasteiger partial charge in [0.05, 0.1) is 0 Å². The van der Waals surface area contributed by atoms with Crippen molar-refractivity contribution in [1.29, 1.82) is 0 Å². The van der Waals surface area contributed by atoms with Gasteiger partial charge in [-0.15, -0.1) is 0 Å². The average Bonchev–Trinajstić information content (AvgIpc) is 2.26. The van der Waals surface area contributed by atoms with Gasteiger partial charge in [-0.3, -0.25) is 0 Å². The Morgan fingerprint density at radius 3 is 2.13 bits per heavy atom. The fourth-order valence-electron chi connectivity index (χ4n) is 1.46. The van der Waals surface area contributed by atoms with E-state index >= 15 is 0 Å². The van der Waals surface area contributed by atoms with Crippen molar-refractivity contribution in [1.82, 2.24) is 0 Å². The first-order valence-electron chi connectivity index (χ1n) is 6.36. The molecule has 0 rings (SSSR count). The second-order valence-corrected chi connectivity index (χ2v) is 3.90. The number of hydrogen-bond acceptors (Lipinski definition) is 0. The van der Waals surface area contributed by atoms with Crippen molar-refractivity contribution in [3.8, 4) is 0 Å². The van der Waals surface area contributed by atoms with Gasteiger partial charge in [0.25, 0.3) is 0 Å². The van der Waals surface area contributed by atoms with E-state index in [-0.39, 0.29) is 0 Å². The lowest BCUT2D eigenvalue weighted by molar-refractivity contribution is 0.611. The van der Waals surface area contributed by atoms with E-state index in [1.54, 1.807) is 0 Å². The lowest BCUT2D eigenvalue weighted by Gasteiger charge is -1.97. The smallest absolute Gasteiger partial charge is 0.0348 e. The molecular formula is C15H26. The Labute approximate surface area is 95.8 Å². The Hall–Kier alpha value is -0.780. The monoisotopic (exact) mass is 206 g/mol. The zero-order valence-corrected chi connectivity index (χ0v) is 10.4. The van der Waals surface area contributed by atoms with Crippen LogP contribution in [-0.4, -0.2) is 0 Å². The summed E-state index contributed by atoms with van der Waals surface area (Å²) in [5.41, 5.74) is 0. The Morgan fingerprint density at radius 2 is 1.40 bits per heavy atom. The molecule has 0 aliphatic rings. The molecule has 0 radical (unpaired) electrons. The molecule has 0 spiro atoms. The molecule has 0 aliphatic heterocycles. The Bertz CT molecular complexity index is 184. The molecule has 0 aromatic rings. The van der Waals surface area contributed by atoms with Gasteiger partial charge in [-0.2, -0.15) is 0 Å². The third-order valence-electron chi connectivity index (χ3n) is 2.39. The fourth-order valence-corrected chi connectivity index (χ4v) is 1.46. The summed E-state index contributed by atoms with van der Waals surface area (Å²) in [6.45, 7) is 4.30. The van der Waals surface area contributed by atoms with Gasteiger partial charge >= 0.3 is 0 Å². The normalized spacial score (nSPS) is 12.4. The van der Waals surface area contributed by atoms with Crippen molar-refractivity contribution in [3.05, 3.63) is 36.5 Å². The molecule has 0 aromatic carbocycles. The summed E-state index contributed by atoms with van der Waals surface area (Å²) >= 11 is 0. The molecule has 86 valence electrons. The summed E-state index contributed by atoms with van der Waals surface area (Å²) < 4.78 is 0. The summed E-state index contributed by atoms with van der Waals surface area (Å²) in [7, 11) is 0. The summed E-state index contributed by atoms with van der Waals surface area (Å²) in [4.78, 5) is 0. The largest absolute Gasteiger partial charge is 0.0877 e. The second-order valence-electron chi connectivity index (χ2n) is 3.90. The van der Waals surface area contributed by atoms with Crippen LogP contribution in [0.1, 0.15) is 58.8 Å². The topological polar surface area (TPSA) is 0 Å². The zero-order chi connectivity index (χ0) is 11.2. The van der Waals surface area contributed by atoms with Gasteiger partial charge in [0.1, 0.15) is 0 Å². The van der Waals surface area contributed by atoms with Crippen LogP contribution in [0.2, 0.25) is 0 Å². The molecule has 0 saturated carbocycles. The maximum atomic E-state index is 2.26. The minimum absolute atomic E-state index is 1.23. The van der Waals surface area contributed by atoms with Crippen LogP contribution in [0, 0.1) is 0 Å². The van der Waals surface area contributed by atoms with Crippen LogP contribution in [0.4, 0.5) is 0 Å². The second kappa shape index (κ2) is 13.2. The van der Waals surface area contributed by atoms with Crippen LogP contribution >= 0.6 is 0 Å². The molecular weight excluding hydrogens is 180 g/mol. The molecule has 0 bridgehead atoms. The molecule has 0 atom stereocenters. The maximum Gasteiger partial charge on any atom is -0.0348 e. The van der Waals surface area contributed by atoms with Gasteiger partial charge in [-0.05, 0) is 19.8 Å². The Balaban J connectivity index is 3.16. The zero-order valence-electron chi connectivity index (χ0n) is 10.4. The van der Waals surface area contributed by atoms with Crippen molar-refractivity contribution in [2.75, 3.05) is 0 Å². The van der Waals surface area contributed by atoms with Crippen molar-refractivity contribution in [2.24, 2.45) is 0 Å². The standard InChI is InChI=1S/C15H26/c1-3-5-7-9-11-13-15-14-12-10-8-6-4-2/h3,5,7,9,11,13H,4,6,8,10,12,14-15H2,1-2H3/b5-3-,9-7-,13-11+. The highest BCUT2D eigenvalue weighted by molar-refractivity contribution is 5.10. The van der Waals surface area contributed by atoms with Crippen LogP contribution in [0.25, 0.3) is 0 Å². The molecule has 0 unspecified atom stereocenters. The van der Waals surface area contributed by atoms with Gasteiger partial charge in [0, 0.05) is 0 Å². The summed E-state index contributed by atoms with van der Waals surface area (Å²) in [5.74, 6) is 0. The Morgan fingerprint density at radius 1 is 0.733 bits per heavy atom. The summed E-state index contributed by atoms with van der Waals surface area (Å²) in [6.07, 6.45) is 22.2. The predicted octanol–water partition coefficient (Wildman–Crippen LogP) is 5.43. The number of allylic oxidation sites excluding steroid dienone is 6. The third kappa shape index (κ3) is 13.2. The number of unbranched alkanes of at least 4 members (excludes halogenated alkanes) is 6. The van der Waals surface area contributed by atoms with Crippen molar-refractivity contribution >= 4 is 0 Å². The van der Waals surface area contributed by atoms with Gasteiger partial charge in [-0.1, -0.05) is 75.5 Å². The van der Waals surface area contributed by atoms with E-state index in [4.69, 9.17) is 0 Å². The summed E-state index contributed by atoms with van der Waals surface area (Å²) in [6, 6.07) is 0. The molecule has 0 heterocycles. The van der Waals surface area contributed by atoms with Crippen LogP contribution in [-0.2, 0) is 0 Å². The molecule has 0 saturated heterocycles. The van der Waals surface area contributed by atoms with Crippen LogP contribution in [0.15, 0.2) is 36.5 Å². The Kier molecular flexibility index (Phi) is 12.5. The molecule has 0 aliphatic carbocycles. The van der Waals surface area contributed by atoms with Crippen molar-refractivity contribution < 1.29 is 0 Å². The lowest BCUT2D eigenvalue weighted by Crippen LogP contribution is -1.77. The molecule has 0 N–H and O–H groups in total. The maximum absolute atomic E-state index is 2.26. The van der Waals surface area contributed by atoms with Crippen LogP contribution < -0.4 is 0 Å². The van der Waals surface area contributed by atoms with Crippen molar-refractivity contribution in [2.45, 2.75) is 58.8 Å². The highest BCUT2D eigenvalue weighted by atomic mass is 13.9. The third-order valence-corrected chi connectivity index (χ3v) is 2.39. The van der Waals surface area contributed by atoms with Crippen LogP contribution in [0.3, 0.4) is 0 Å². The minimum Gasteiger partial charge on any atom is -0.0877 e. The quantitative estimate of drug-likeness (QED) is 0.349.